The summed E-state index contributed by atoms with van der Waals surface area (Å²) in [6.07, 6.45) is 0.0695. The number of nitrogens with one attached hydrogen (secondary N) is 2. The van der Waals surface area contributed by atoms with Crippen LogP contribution in [0.1, 0.15) is 36.7 Å². The van der Waals surface area contributed by atoms with Crippen LogP contribution < -0.4 is 20.1 Å². The number of rotatable bonds is 8. The normalized spacial score (nSPS) is 10.3. The molecule has 0 bridgehead atoms. The SMILES string of the molecule is CCOC(=O)c1cccc(NC(=S)NCc2ccc(OC(C)C)c(OC)c2)c1. The lowest BCUT2D eigenvalue weighted by atomic mass is 10.2. The van der Waals surface area contributed by atoms with Crippen molar-refractivity contribution in [3.8, 4) is 11.5 Å². The van der Waals surface area contributed by atoms with Crippen molar-refractivity contribution in [2.75, 3.05) is 19.0 Å². The second-order valence-corrected chi connectivity index (χ2v) is 6.67. The molecule has 0 saturated carbocycles. The minimum atomic E-state index is -0.360. The molecule has 2 rings (SSSR count). The van der Waals surface area contributed by atoms with E-state index in [0.717, 1.165) is 5.56 Å². The van der Waals surface area contributed by atoms with E-state index in [1.165, 1.54) is 0 Å². The maximum absolute atomic E-state index is 11.8. The third-order valence-corrected chi connectivity index (χ3v) is 3.92. The lowest BCUT2D eigenvalue weighted by Crippen LogP contribution is -2.28. The zero-order chi connectivity index (χ0) is 20.5. The van der Waals surface area contributed by atoms with Crippen LogP contribution in [-0.2, 0) is 11.3 Å². The van der Waals surface area contributed by atoms with Crippen molar-refractivity contribution in [1.82, 2.24) is 5.32 Å². The molecular formula is C21H26N2O4S. The predicted octanol–water partition coefficient (Wildman–Crippen LogP) is 4.15. The molecule has 0 aliphatic rings. The van der Waals surface area contributed by atoms with E-state index in [1.54, 1.807) is 32.2 Å². The highest BCUT2D eigenvalue weighted by molar-refractivity contribution is 7.80. The Labute approximate surface area is 171 Å². The molecule has 0 aromatic heterocycles. The Balaban J connectivity index is 1.95. The molecule has 0 fully saturated rings. The minimum Gasteiger partial charge on any atom is -0.493 e. The first-order valence-corrected chi connectivity index (χ1v) is 9.49. The zero-order valence-electron chi connectivity index (χ0n) is 16.6. The first-order valence-electron chi connectivity index (χ1n) is 9.08. The van der Waals surface area contributed by atoms with Gasteiger partial charge in [-0.05, 0) is 68.9 Å². The summed E-state index contributed by atoms with van der Waals surface area (Å²) in [6.45, 7) is 6.56. The molecule has 0 heterocycles. The molecule has 0 amide bonds. The molecule has 2 aromatic rings. The van der Waals surface area contributed by atoms with Gasteiger partial charge in [0.25, 0.3) is 0 Å². The van der Waals surface area contributed by atoms with Gasteiger partial charge in [-0.1, -0.05) is 12.1 Å². The van der Waals surface area contributed by atoms with Crippen LogP contribution in [0.4, 0.5) is 5.69 Å². The largest absolute Gasteiger partial charge is 0.493 e. The highest BCUT2D eigenvalue weighted by atomic mass is 32.1. The average Bonchev–Trinajstić information content (AvgIpc) is 2.67. The topological polar surface area (TPSA) is 68.8 Å². The highest BCUT2D eigenvalue weighted by Gasteiger charge is 2.09. The second kappa shape index (κ2) is 10.5. The number of hydrogen-bond acceptors (Lipinski definition) is 5. The molecule has 6 nitrogen and oxygen atoms in total. The molecule has 2 aromatic carbocycles. The van der Waals surface area contributed by atoms with E-state index >= 15 is 0 Å². The maximum atomic E-state index is 11.8. The van der Waals surface area contributed by atoms with Crippen molar-refractivity contribution in [2.24, 2.45) is 0 Å². The number of thiocarbonyl (C=S) groups is 1. The van der Waals surface area contributed by atoms with E-state index in [0.29, 0.717) is 41.0 Å². The van der Waals surface area contributed by atoms with E-state index in [9.17, 15) is 4.79 Å². The fourth-order valence-corrected chi connectivity index (χ4v) is 2.66. The predicted molar refractivity (Wildman–Crippen MR) is 114 cm³/mol. The van der Waals surface area contributed by atoms with Crippen molar-refractivity contribution in [1.29, 1.82) is 0 Å². The molecule has 28 heavy (non-hydrogen) atoms. The Morgan fingerprint density at radius 3 is 2.61 bits per heavy atom. The number of ether oxygens (including phenoxy) is 3. The quantitative estimate of drug-likeness (QED) is 0.508. The van der Waals surface area contributed by atoms with Crippen LogP contribution in [0.2, 0.25) is 0 Å². The van der Waals surface area contributed by atoms with Crippen LogP contribution in [0.5, 0.6) is 11.5 Å². The van der Waals surface area contributed by atoms with Gasteiger partial charge in [-0.15, -0.1) is 0 Å². The van der Waals surface area contributed by atoms with Gasteiger partial charge in [-0.3, -0.25) is 0 Å². The van der Waals surface area contributed by atoms with Crippen molar-refractivity contribution in [3.63, 3.8) is 0 Å². The molecule has 2 N–H and O–H groups in total. The Morgan fingerprint density at radius 2 is 1.93 bits per heavy atom. The molecule has 0 saturated heterocycles. The molecular weight excluding hydrogens is 376 g/mol. The monoisotopic (exact) mass is 402 g/mol. The van der Waals surface area contributed by atoms with Gasteiger partial charge in [0.1, 0.15) is 0 Å². The van der Waals surface area contributed by atoms with Crippen molar-refractivity contribution >= 4 is 29.0 Å². The molecule has 0 unspecified atom stereocenters. The van der Waals surface area contributed by atoms with Crippen LogP contribution in [0.3, 0.4) is 0 Å². The summed E-state index contributed by atoms with van der Waals surface area (Å²) in [4.78, 5) is 11.8. The maximum Gasteiger partial charge on any atom is 0.338 e. The molecule has 0 spiro atoms. The first-order chi connectivity index (χ1) is 13.4. The number of anilines is 1. The summed E-state index contributed by atoms with van der Waals surface area (Å²) in [5, 5.41) is 6.66. The van der Waals surface area contributed by atoms with E-state index in [-0.39, 0.29) is 12.1 Å². The number of esters is 1. The molecule has 0 aliphatic heterocycles. The summed E-state index contributed by atoms with van der Waals surface area (Å²) >= 11 is 5.35. The van der Waals surface area contributed by atoms with Gasteiger partial charge < -0.3 is 24.8 Å². The Bertz CT molecular complexity index is 824. The zero-order valence-corrected chi connectivity index (χ0v) is 17.4. The third kappa shape index (κ3) is 6.42. The van der Waals surface area contributed by atoms with Gasteiger partial charge in [0.15, 0.2) is 16.6 Å². The Kier molecular flexibility index (Phi) is 8.07. The summed E-state index contributed by atoms with van der Waals surface area (Å²) in [6, 6.07) is 12.8. The van der Waals surface area contributed by atoms with Crippen LogP contribution in [-0.4, -0.2) is 30.9 Å². The molecule has 0 radical (unpaired) electrons. The Hall–Kier alpha value is -2.80. The number of methoxy groups -OCH3 is 1. The number of benzene rings is 2. The van der Waals surface area contributed by atoms with Gasteiger partial charge in [-0.2, -0.15) is 0 Å². The van der Waals surface area contributed by atoms with Crippen LogP contribution in [0.15, 0.2) is 42.5 Å². The van der Waals surface area contributed by atoms with Crippen molar-refractivity contribution in [3.05, 3.63) is 53.6 Å². The van der Waals surface area contributed by atoms with Gasteiger partial charge in [0.2, 0.25) is 0 Å². The molecule has 7 heteroatoms. The van der Waals surface area contributed by atoms with Crippen LogP contribution >= 0.6 is 12.2 Å². The summed E-state index contributed by atoms with van der Waals surface area (Å²) in [7, 11) is 1.61. The van der Waals surface area contributed by atoms with Gasteiger partial charge in [-0.25, -0.2) is 4.79 Å². The number of carbonyl (C=O) groups is 1. The van der Waals surface area contributed by atoms with Crippen LogP contribution in [0.25, 0.3) is 0 Å². The molecule has 0 aliphatic carbocycles. The fourth-order valence-electron chi connectivity index (χ4n) is 2.47. The average molecular weight is 403 g/mol. The second-order valence-electron chi connectivity index (χ2n) is 6.26. The van der Waals surface area contributed by atoms with E-state index in [4.69, 9.17) is 26.4 Å². The van der Waals surface area contributed by atoms with Gasteiger partial charge in [0.05, 0.1) is 25.4 Å². The summed E-state index contributed by atoms with van der Waals surface area (Å²) < 4.78 is 16.1. The van der Waals surface area contributed by atoms with Gasteiger partial charge in [0, 0.05) is 12.2 Å². The summed E-state index contributed by atoms with van der Waals surface area (Å²) in [5.41, 5.74) is 2.18. The van der Waals surface area contributed by atoms with E-state index in [2.05, 4.69) is 10.6 Å². The molecule has 0 atom stereocenters. The van der Waals surface area contributed by atoms with E-state index < -0.39 is 0 Å². The standard InChI is InChI=1S/C21H26N2O4S/c1-5-26-20(24)16-7-6-8-17(12-16)23-21(28)22-13-15-9-10-18(27-14(2)3)19(11-15)25-4/h6-12,14H,5,13H2,1-4H3,(H2,22,23,28). The van der Waals surface area contributed by atoms with Gasteiger partial charge >= 0.3 is 5.97 Å². The third-order valence-electron chi connectivity index (χ3n) is 3.68. The molecule has 150 valence electrons. The van der Waals surface area contributed by atoms with Crippen molar-refractivity contribution < 1.29 is 19.0 Å². The summed E-state index contributed by atoms with van der Waals surface area (Å²) in [5.74, 6) is 1.02. The smallest absolute Gasteiger partial charge is 0.338 e. The lowest BCUT2D eigenvalue weighted by Gasteiger charge is -2.15. The minimum absolute atomic E-state index is 0.0695. The highest BCUT2D eigenvalue weighted by Crippen LogP contribution is 2.28. The number of hydrogen-bond donors (Lipinski definition) is 2. The lowest BCUT2D eigenvalue weighted by molar-refractivity contribution is 0.0526. The Morgan fingerprint density at radius 1 is 1.14 bits per heavy atom. The van der Waals surface area contributed by atoms with E-state index in [1.807, 2.05) is 38.1 Å². The van der Waals surface area contributed by atoms with Crippen LogP contribution in [0, 0.1) is 0 Å². The fraction of sp³-hybridized carbons (Fsp3) is 0.333. The van der Waals surface area contributed by atoms with Crippen molar-refractivity contribution in [2.45, 2.75) is 33.4 Å². The first kappa shape index (κ1) is 21.5. The number of carbonyl (C=O) groups excluding carboxylic acids is 1.